The third-order valence-electron chi connectivity index (χ3n) is 7.04. The van der Waals surface area contributed by atoms with Gasteiger partial charge in [0.2, 0.25) is 0 Å². The highest BCUT2D eigenvalue weighted by Crippen LogP contribution is 2.61. The van der Waals surface area contributed by atoms with Crippen LogP contribution in [0.25, 0.3) is 0 Å². The summed E-state index contributed by atoms with van der Waals surface area (Å²) in [6.45, 7) is 2.03. The second kappa shape index (κ2) is 7.20. The van der Waals surface area contributed by atoms with E-state index in [1.165, 1.54) is 25.3 Å². The summed E-state index contributed by atoms with van der Waals surface area (Å²) >= 11 is 0. The number of nitriles is 1. The summed E-state index contributed by atoms with van der Waals surface area (Å²) in [6.07, 6.45) is 8.47. The minimum atomic E-state index is -0.782. The van der Waals surface area contributed by atoms with E-state index in [2.05, 4.69) is 10.6 Å². The Balaban J connectivity index is 1.45. The van der Waals surface area contributed by atoms with Gasteiger partial charge in [-0.3, -0.25) is 4.79 Å². The van der Waals surface area contributed by atoms with Crippen molar-refractivity contribution in [1.82, 2.24) is 5.32 Å². The molecule has 1 amide bonds. The van der Waals surface area contributed by atoms with Gasteiger partial charge in [0.15, 0.2) is 0 Å². The highest BCUT2D eigenvalue weighted by Gasteiger charge is 2.53. The zero-order chi connectivity index (χ0) is 19.9. The summed E-state index contributed by atoms with van der Waals surface area (Å²) in [4.78, 5) is 12.6. The molecule has 4 aliphatic carbocycles. The quantitative estimate of drug-likeness (QED) is 0.579. The van der Waals surface area contributed by atoms with Crippen LogP contribution >= 0.6 is 0 Å². The molecule has 0 aliphatic heterocycles. The average molecular weight is 385 g/mol. The first-order valence-corrected chi connectivity index (χ1v) is 10.0. The van der Waals surface area contributed by atoms with E-state index in [1.54, 1.807) is 0 Å². The van der Waals surface area contributed by atoms with Gasteiger partial charge in [-0.2, -0.15) is 5.26 Å². The molecule has 4 aliphatic rings. The van der Waals surface area contributed by atoms with Crippen LogP contribution in [0.5, 0.6) is 0 Å². The van der Waals surface area contributed by atoms with Gasteiger partial charge in [0.05, 0.1) is 0 Å². The first-order valence-electron chi connectivity index (χ1n) is 10.0. The fourth-order valence-corrected chi connectivity index (χ4v) is 6.06. The number of anilines is 1. The van der Waals surface area contributed by atoms with E-state index in [0.717, 1.165) is 55.3 Å². The maximum absolute atomic E-state index is 13.7. The van der Waals surface area contributed by atoms with Gasteiger partial charge < -0.3 is 10.6 Å². The van der Waals surface area contributed by atoms with Gasteiger partial charge in [-0.05, 0) is 80.8 Å². The Hall–Kier alpha value is -2.42. The average Bonchev–Trinajstić information content (AvgIpc) is 2.63. The van der Waals surface area contributed by atoms with Gasteiger partial charge in [-0.15, -0.1) is 0 Å². The van der Waals surface area contributed by atoms with E-state index in [1.807, 2.05) is 13.0 Å². The smallest absolute Gasteiger partial charge is 0.263 e. The fourth-order valence-electron chi connectivity index (χ4n) is 6.06. The Bertz CT molecular complexity index is 802. The number of nitrogens with zero attached hydrogens (tertiary/aromatic N) is 1. The number of hydrogen-bond acceptors (Lipinski definition) is 3. The molecule has 0 saturated heterocycles. The molecule has 4 saturated carbocycles. The zero-order valence-corrected chi connectivity index (χ0v) is 16.0. The van der Waals surface area contributed by atoms with E-state index in [9.17, 15) is 18.8 Å². The van der Waals surface area contributed by atoms with Crippen molar-refractivity contribution in [3.05, 3.63) is 41.6 Å². The molecule has 6 heteroatoms. The summed E-state index contributed by atoms with van der Waals surface area (Å²) in [5.74, 6) is 0.230. The predicted molar refractivity (Wildman–Crippen MR) is 102 cm³/mol. The maximum Gasteiger partial charge on any atom is 0.263 e. The molecule has 1 atom stereocenters. The summed E-state index contributed by atoms with van der Waals surface area (Å²) in [7, 11) is 0. The Morgan fingerprint density at radius 3 is 2.21 bits per heavy atom. The van der Waals surface area contributed by atoms with Crippen molar-refractivity contribution >= 4 is 11.6 Å². The normalized spacial score (nSPS) is 31.9. The number of amides is 1. The van der Waals surface area contributed by atoms with E-state index < -0.39 is 17.5 Å². The summed E-state index contributed by atoms with van der Waals surface area (Å²) in [5, 5.41) is 14.8. The van der Waals surface area contributed by atoms with Gasteiger partial charge >= 0.3 is 0 Å². The van der Waals surface area contributed by atoms with Crippen LogP contribution in [0.1, 0.15) is 45.4 Å². The first kappa shape index (κ1) is 18.9. The molecule has 4 bridgehead atoms. The molecule has 1 aromatic rings. The molecule has 0 radical (unpaired) electrons. The minimum Gasteiger partial charge on any atom is -0.355 e. The van der Waals surface area contributed by atoms with Crippen molar-refractivity contribution < 1.29 is 13.6 Å². The van der Waals surface area contributed by atoms with Crippen molar-refractivity contribution in [2.45, 2.75) is 51.5 Å². The lowest BCUT2D eigenvalue weighted by molar-refractivity contribution is -0.122. The van der Waals surface area contributed by atoms with Crippen LogP contribution in [-0.4, -0.2) is 11.9 Å². The lowest BCUT2D eigenvalue weighted by Crippen LogP contribution is -2.56. The topological polar surface area (TPSA) is 64.9 Å². The molecule has 28 heavy (non-hydrogen) atoms. The van der Waals surface area contributed by atoms with E-state index in [-0.39, 0.29) is 22.7 Å². The molecule has 148 valence electrons. The molecule has 1 aromatic carbocycles. The number of rotatable bonds is 5. The fraction of sp³-hybridized carbons (Fsp3) is 0.545. The molecule has 0 heterocycles. The van der Waals surface area contributed by atoms with Crippen LogP contribution in [0, 0.1) is 46.1 Å². The van der Waals surface area contributed by atoms with Gasteiger partial charge in [-0.1, -0.05) is 6.07 Å². The van der Waals surface area contributed by atoms with Crippen LogP contribution in [0.4, 0.5) is 14.5 Å². The van der Waals surface area contributed by atoms with Gasteiger partial charge in [0.25, 0.3) is 5.91 Å². The molecule has 1 unspecified atom stereocenters. The highest BCUT2D eigenvalue weighted by atomic mass is 19.1. The number of nitrogens with one attached hydrogen (secondary N) is 2. The van der Waals surface area contributed by atoms with Crippen LogP contribution in [0.3, 0.4) is 0 Å². The van der Waals surface area contributed by atoms with Crippen LogP contribution in [0.2, 0.25) is 0 Å². The standard InChI is InChI=1S/C22H25F2N3O/c1-13(22-8-14-5-15(9-22)7-16(6-14)10-22)27-21(28)17(11-25)12-26-20-18(23)3-2-4-19(20)24/h2-4,12-16,26H,5-10H2,1H3,(H,27,28)/b17-12-. The molecular weight excluding hydrogens is 360 g/mol. The Morgan fingerprint density at radius 1 is 1.18 bits per heavy atom. The highest BCUT2D eigenvalue weighted by molar-refractivity contribution is 5.97. The van der Waals surface area contributed by atoms with E-state index >= 15 is 0 Å². The molecular formula is C22H25F2N3O. The first-order chi connectivity index (χ1) is 13.4. The van der Waals surface area contributed by atoms with E-state index in [4.69, 9.17) is 0 Å². The van der Waals surface area contributed by atoms with Crippen molar-refractivity contribution in [3.8, 4) is 6.07 Å². The van der Waals surface area contributed by atoms with Crippen LogP contribution < -0.4 is 10.6 Å². The van der Waals surface area contributed by atoms with Gasteiger partial charge in [0.1, 0.15) is 29.0 Å². The van der Waals surface area contributed by atoms with E-state index in [0.29, 0.717) is 0 Å². The number of hydrogen-bond donors (Lipinski definition) is 2. The molecule has 0 spiro atoms. The van der Waals surface area contributed by atoms with Gasteiger partial charge in [0, 0.05) is 12.2 Å². The minimum absolute atomic E-state index is 0.0321. The maximum atomic E-state index is 13.7. The van der Waals surface area contributed by atoms with Crippen molar-refractivity contribution in [1.29, 1.82) is 5.26 Å². The SMILES string of the molecule is CC(NC(=O)/C(C#N)=C\Nc1c(F)cccc1F)C12CC3CC(CC(C3)C1)C2. The second-order valence-corrected chi connectivity index (χ2v) is 8.89. The number of halogens is 2. The molecule has 2 N–H and O–H groups in total. The summed E-state index contributed by atoms with van der Waals surface area (Å²) in [5.41, 5.74) is -0.452. The molecule has 4 nitrogen and oxygen atoms in total. The third-order valence-corrected chi connectivity index (χ3v) is 7.04. The summed E-state index contributed by atoms with van der Waals surface area (Å²) in [6, 6.07) is 5.28. The zero-order valence-electron chi connectivity index (χ0n) is 16.0. The second-order valence-electron chi connectivity index (χ2n) is 8.89. The number of carbonyl (C=O) groups excluding carboxylic acids is 1. The van der Waals surface area contributed by atoms with Crippen LogP contribution in [-0.2, 0) is 4.79 Å². The number of benzene rings is 1. The monoisotopic (exact) mass is 385 g/mol. The lowest BCUT2D eigenvalue weighted by atomic mass is 9.48. The Morgan fingerprint density at radius 2 is 1.71 bits per heavy atom. The number of carbonyl (C=O) groups is 1. The lowest BCUT2D eigenvalue weighted by Gasteiger charge is -2.59. The largest absolute Gasteiger partial charge is 0.355 e. The predicted octanol–water partition coefficient (Wildman–Crippen LogP) is 4.51. The van der Waals surface area contributed by atoms with Crippen LogP contribution in [0.15, 0.2) is 30.0 Å². The Labute approximate surface area is 164 Å². The Kier molecular flexibility index (Phi) is 4.86. The van der Waals surface area contributed by atoms with Crippen molar-refractivity contribution in [2.24, 2.45) is 23.2 Å². The summed E-state index contributed by atoms with van der Waals surface area (Å²) < 4.78 is 27.4. The van der Waals surface area contributed by atoms with Crippen molar-refractivity contribution in [3.63, 3.8) is 0 Å². The third kappa shape index (κ3) is 3.39. The number of para-hydroxylation sites is 1. The molecule has 4 fully saturated rings. The van der Waals surface area contributed by atoms with Crippen molar-refractivity contribution in [2.75, 3.05) is 5.32 Å². The van der Waals surface area contributed by atoms with Gasteiger partial charge in [-0.25, -0.2) is 8.78 Å². The molecule has 0 aromatic heterocycles. The molecule has 5 rings (SSSR count).